The Labute approximate surface area is 112 Å². The number of nitrogens with zero attached hydrogens (tertiary/aromatic N) is 3. The predicted octanol–water partition coefficient (Wildman–Crippen LogP) is 2.75. The summed E-state index contributed by atoms with van der Waals surface area (Å²) in [6, 6.07) is 10.2. The highest BCUT2D eigenvalue weighted by molar-refractivity contribution is 8.56. The second-order valence-electron chi connectivity index (χ2n) is 3.43. The fourth-order valence-corrected chi connectivity index (χ4v) is 4.69. The predicted molar refractivity (Wildman–Crippen MR) is 76.0 cm³/mol. The van der Waals surface area contributed by atoms with Crippen LogP contribution >= 0.6 is 18.7 Å². The van der Waals surface area contributed by atoms with Gasteiger partial charge in [0.05, 0.1) is 6.61 Å². The lowest BCUT2D eigenvalue weighted by Crippen LogP contribution is -2.15. The molecule has 94 valence electrons. The highest BCUT2D eigenvalue weighted by Gasteiger charge is 2.19. The maximum Gasteiger partial charge on any atom is 0.188 e. The first-order valence-corrected chi connectivity index (χ1v) is 8.10. The van der Waals surface area contributed by atoms with E-state index in [-0.39, 0.29) is 0 Å². The minimum atomic E-state index is -0.887. The summed E-state index contributed by atoms with van der Waals surface area (Å²) in [4.78, 5) is 5.43. The number of hydrogen-bond acceptors (Lipinski definition) is 4. The molecular formula is C12H14N3OPS. The van der Waals surface area contributed by atoms with Gasteiger partial charge in [0.1, 0.15) is 6.33 Å². The van der Waals surface area contributed by atoms with Crippen LogP contribution in [0, 0.1) is 0 Å². The number of rotatable bonds is 6. The van der Waals surface area contributed by atoms with Gasteiger partial charge in [0.2, 0.25) is 0 Å². The van der Waals surface area contributed by atoms with E-state index >= 15 is 0 Å². The van der Waals surface area contributed by atoms with E-state index in [1.807, 2.05) is 25.2 Å². The molecule has 0 saturated heterocycles. The monoisotopic (exact) mass is 279 g/mol. The topological polar surface area (TPSA) is 39.9 Å². The lowest BCUT2D eigenvalue weighted by Gasteiger charge is -2.14. The van der Waals surface area contributed by atoms with E-state index in [1.54, 1.807) is 28.5 Å². The summed E-state index contributed by atoms with van der Waals surface area (Å²) in [6.07, 6.45) is 3.30. The molecule has 0 amide bonds. The summed E-state index contributed by atoms with van der Waals surface area (Å²) in [7, 11) is 0.989. The van der Waals surface area contributed by atoms with Crippen molar-refractivity contribution in [2.45, 2.75) is 4.90 Å². The number of aryl methyl sites for hydroxylation is 1. The van der Waals surface area contributed by atoms with Crippen molar-refractivity contribution in [2.75, 3.05) is 6.61 Å². The molecule has 0 radical (unpaired) electrons. The molecule has 0 aliphatic rings. The van der Waals surface area contributed by atoms with E-state index in [9.17, 15) is 0 Å². The van der Waals surface area contributed by atoms with Crippen LogP contribution in [0.4, 0.5) is 0 Å². The van der Waals surface area contributed by atoms with Crippen molar-refractivity contribution in [3.63, 3.8) is 0 Å². The summed E-state index contributed by atoms with van der Waals surface area (Å²) in [5.74, 6) is 0. The maximum absolute atomic E-state index is 5.81. The first kappa shape index (κ1) is 13.3. The molecule has 1 aromatic heterocycles. The smallest absolute Gasteiger partial charge is 0.188 e. The number of benzene rings is 1. The molecule has 18 heavy (non-hydrogen) atoms. The minimum Gasteiger partial charge on any atom is -0.337 e. The SMILES string of the molecule is C=CCOP(Sc1ccccc1)c1ncnn1C. The largest absolute Gasteiger partial charge is 0.337 e. The molecule has 1 atom stereocenters. The van der Waals surface area contributed by atoms with Crippen molar-refractivity contribution in [1.82, 2.24) is 14.8 Å². The van der Waals surface area contributed by atoms with Crippen molar-refractivity contribution in [3.05, 3.63) is 49.3 Å². The lowest BCUT2D eigenvalue weighted by molar-refractivity contribution is 0.417. The van der Waals surface area contributed by atoms with E-state index < -0.39 is 7.35 Å². The number of hydrogen-bond donors (Lipinski definition) is 0. The Morgan fingerprint density at radius 2 is 2.22 bits per heavy atom. The highest BCUT2D eigenvalue weighted by atomic mass is 32.7. The van der Waals surface area contributed by atoms with E-state index in [0.29, 0.717) is 6.61 Å². The van der Waals surface area contributed by atoms with Crippen LogP contribution in [0.15, 0.2) is 54.2 Å². The molecule has 6 heteroatoms. The van der Waals surface area contributed by atoms with Crippen LogP contribution < -0.4 is 5.57 Å². The van der Waals surface area contributed by atoms with Crippen LogP contribution in [0.25, 0.3) is 0 Å². The third-order valence-electron chi connectivity index (χ3n) is 2.09. The fraction of sp³-hybridized carbons (Fsp3) is 0.167. The zero-order valence-electron chi connectivity index (χ0n) is 10.1. The van der Waals surface area contributed by atoms with Gasteiger partial charge in [-0.25, -0.2) is 9.67 Å². The van der Waals surface area contributed by atoms with E-state index in [4.69, 9.17) is 4.52 Å². The molecule has 0 fully saturated rings. The Balaban J connectivity index is 2.15. The molecule has 0 N–H and O–H groups in total. The zero-order valence-corrected chi connectivity index (χ0v) is 11.8. The standard InChI is InChI=1S/C12H14N3OPS/c1-3-9-16-17(12-13-10-14-15(12)2)18-11-7-5-4-6-8-11/h3-8,10H,1,9H2,2H3. The van der Waals surface area contributed by atoms with Gasteiger partial charge in [-0.3, -0.25) is 0 Å². The Hall–Kier alpha value is -1.16. The average molecular weight is 279 g/mol. The number of aromatic nitrogens is 3. The molecule has 0 aliphatic carbocycles. The molecule has 4 nitrogen and oxygen atoms in total. The Morgan fingerprint density at radius 3 is 2.83 bits per heavy atom. The molecule has 2 rings (SSSR count). The molecule has 0 bridgehead atoms. The van der Waals surface area contributed by atoms with Gasteiger partial charge in [0.15, 0.2) is 12.9 Å². The minimum absolute atomic E-state index is 0.512. The van der Waals surface area contributed by atoms with Crippen molar-refractivity contribution >= 4 is 24.3 Å². The summed E-state index contributed by atoms with van der Waals surface area (Å²) < 4.78 is 7.56. The molecule has 0 spiro atoms. The lowest BCUT2D eigenvalue weighted by atomic mass is 10.4. The van der Waals surface area contributed by atoms with Crippen LogP contribution in [0.2, 0.25) is 0 Å². The van der Waals surface area contributed by atoms with Crippen LogP contribution in [-0.4, -0.2) is 21.4 Å². The normalized spacial score (nSPS) is 12.3. The van der Waals surface area contributed by atoms with Gasteiger partial charge in [0, 0.05) is 11.9 Å². The quantitative estimate of drug-likeness (QED) is 0.602. The van der Waals surface area contributed by atoms with Gasteiger partial charge in [-0.05, 0) is 12.1 Å². The van der Waals surface area contributed by atoms with Gasteiger partial charge in [-0.15, -0.1) is 6.58 Å². The third-order valence-corrected chi connectivity index (χ3v) is 5.79. The highest BCUT2D eigenvalue weighted by Crippen LogP contribution is 2.53. The summed E-state index contributed by atoms with van der Waals surface area (Å²) in [6.45, 7) is 4.19. The fourth-order valence-electron chi connectivity index (χ4n) is 1.28. The van der Waals surface area contributed by atoms with Crippen LogP contribution in [-0.2, 0) is 11.6 Å². The van der Waals surface area contributed by atoms with Gasteiger partial charge in [-0.2, -0.15) is 5.10 Å². The van der Waals surface area contributed by atoms with E-state index in [0.717, 1.165) is 10.5 Å². The van der Waals surface area contributed by atoms with E-state index in [1.165, 1.54) is 0 Å². The Morgan fingerprint density at radius 1 is 1.44 bits per heavy atom. The summed E-state index contributed by atoms with van der Waals surface area (Å²) in [5.41, 5.74) is 0.862. The van der Waals surface area contributed by atoms with Gasteiger partial charge >= 0.3 is 0 Å². The van der Waals surface area contributed by atoms with Crippen molar-refractivity contribution < 1.29 is 4.52 Å². The first-order chi connectivity index (χ1) is 8.81. The van der Waals surface area contributed by atoms with Gasteiger partial charge in [0.25, 0.3) is 0 Å². The molecule has 2 aromatic rings. The second kappa shape index (κ2) is 6.69. The van der Waals surface area contributed by atoms with Crippen molar-refractivity contribution in [3.8, 4) is 0 Å². The van der Waals surface area contributed by atoms with Gasteiger partial charge in [-0.1, -0.05) is 35.7 Å². The van der Waals surface area contributed by atoms with Crippen LogP contribution in [0.1, 0.15) is 0 Å². The van der Waals surface area contributed by atoms with Crippen LogP contribution in [0.3, 0.4) is 0 Å². The molecule has 1 aromatic carbocycles. The van der Waals surface area contributed by atoms with Crippen LogP contribution in [0.5, 0.6) is 0 Å². The molecule has 1 unspecified atom stereocenters. The average Bonchev–Trinajstić information content (AvgIpc) is 2.82. The Kier molecular flexibility index (Phi) is 4.93. The third kappa shape index (κ3) is 3.42. The second-order valence-corrected chi connectivity index (χ2v) is 6.80. The van der Waals surface area contributed by atoms with E-state index in [2.05, 4.69) is 28.8 Å². The van der Waals surface area contributed by atoms with Crippen molar-refractivity contribution in [2.24, 2.45) is 7.05 Å². The zero-order chi connectivity index (χ0) is 12.8. The summed E-state index contributed by atoms with van der Waals surface area (Å²) in [5, 5.41) is 4.09. The summed E-state index contributed by atoms with van der Waals surface area (Å²) >= 11 is 1.67. The molecular weight excluding hydrogens is 265 g/mol. The Bertz CT molecular complexity index is 503. The molecule has 0 aliphatic heterocycles. The van der Waals surface area contributed by atoms with Gasteiger partial charge < -0.3 is 4.52 Å². The maximum atomic E-state index is 5.81. The molecule has 1 heterocycles. The van der Waals surface area contributed by atoms with Crippen molar-refractivity contribution in [1.29, 1.82) is 0 Å². The molecule has 0 saturated carbocycles. The first-order valence-electron chi connectivity index (χ1n) is 5.42.